The molecule has 0 bridgehead atoms. The number of nitrogens with one attached hydrogen (secondary N) is 1. The lowest BCUT2D eigenvalue weighted by atomic mass is 9.82. The van der Waals surface area contributed by atoms with Gasteiger partial charge in [-0.1, -0.05) is 23.8 Å². The summed E-state index contributed by atoms with van der Waals surface area (Å²) in [7, 11) is 0. The Balaban J connectivity index is 2.16. The summed E-state index contributed by atoms with van der Waals surface area (Å²) in [6.45, 7) is 0. The lowest BCUT2D eigenvalue weighted by Gasteiger charge is -2.24. The molecule has 0 aliphatic heterocycles. The van der Waals surface area contributed by atoms with Crippen molar-refractivity contribution in [2.75, 3.05) is 5.32 Å². The van der Waals surface area contributed by atoms with E-state index in [9.17, 15) is 14.0 Å². The van der Waals surface area contributed by atoms with Gasteiger partial charge in [-0.05, 0) is 31.0 Å². The highest BCUT2D eigenvalue weighted by Gasteiger charge is 2.34. The van der Waals surface area contributed by atoms with Gasteiger partial charge in [-0.15, -0.1) is 0 Å². The molecule has 2 rings (SSSR count). The molecule has 1 aliphatic carbocycles. The van der Waals surface area contributed by atoms with E-state index in [1.54, 1.807) is 12.2 Å². The summed E-state index contributed by atoms with van der Waals surface area (Å²) in [6, 6.07) is 3.62. The number of aliphatic carboxylic acids is 1. The molecule has 20 heavy (non-hydrogen) atoms. The van der Waals surface area contributed by atoms with E-state index in [0.29, 0.717) is 12.8 Å². The number of anilines is 1. The Morgan fingerprint density at radius 1 is 1.25 bits per heavy atom. The molecule has 1 aromatic rings. The predicted octanol–water partition coefficient (Wildman–Crippen LogP) is 3.08. The molecule has 0 aromatic heterocycles. The largest absolute Gasteiger partial charge is 0.481 e. The van der Waals surface area contributed by atoms with Crippen molar-refractivity contribution in [1.29, 1.82) is 0 Å². The first-order chi connectivity index (χ1) is 9.49. The smallest absolute Gasteiger partial charge is 0.307 e. The van der Waals surface area contributed by atoms with Gasteiger partial charge in [-0.25, -0.2) is 4.39 Å². The number of hydrogen-bond acceptors (Lipinski definition) is 2. The molecule has 0 fully saturated rings. The molecule has 4 nitrogen and oxygen atoms in total. The van der Waals surface area contributed by atoms with E-state index in [0.717, 1.165) is 6.07 Å². The molecule has 106 valence electrons. The minimum Gasteiger partial charge on any atom is -0.481 e. The number of hydrogen-bond donors (Lipinski definition) is 2. The second-order valence-electron chi connectivity index (χ2n) is 4.61. The third kappa shape index (κ3) is 3.17. The zero-order valence-electron chi connectivity index (χ0n) is 10.5. The van der Waals surface area contributed by atoms with Crippen LogP contribution in [0.15, 0.2) is 30.4 Å². The van der Waals surface area contributed by atoms with Gasteiger partial charge in [0.15, 0.2) is 0 Å². The number of amides is 1. The maximum atomic E-state index is 13.1. The van der Waals surface area contributed by atoms with Gasteiger partial charge in [0.25, 0.3) is 0 Å². The summed E-state index contributed by atoms with van der Waals surface area (Å²) in [5.74, 6) is -3.46. The minimum atomic E-state index is -1.01. The Labute approximate surface area is 120 Å². The molecular formula is C14H13ClFNO3. The highest BCUT2D eigenvalue weighted by atomic mass is 35.5. The maximum absolute atomic E-state index is 13.1. The zero-order chi connectivity index (χ0) is 14.7. The van der Waals surface area contributed by atoms with Crippen LogP contribution in [0.5, 0.6) is 0 Å². The number of carboxylic acid groups (broad SMARTS) is 1. The quantitative estimate of drug-likeness (QED) is 0.843. The lowest BCUT2D eigenvalue weighted by Crippen LogP contribution is -2.34. The van der Waals surface area contributed by atoms with Crippen LogP contribution in [0.2, 0.25) is 5.02 Å². The molecule has 1 amide bonds. The topological polar surface area (TPSA) is 66.4 Å². The average molecular weight is 298 g/mol. The fourth-order valence-corrected chi connectivity index (χ4v) is 2.36. The van der Waals surface area contributed by atoms with Crippen LogP contribution >= 0.6 is 11.6 Å². The van der Waals surface area contributed by atoms with Crippen LogP contribution in [0.3, 0.4) is 0 Å². The molecule has 0 saturated carbocycles. The second-order valence-corrected chi connectivity index (χ2v) is 5.01. The number of rotatable bonds is 3. The predicted molar refractivity (Wildman–Crippen MR) is 73.0 cm³/mol. The summed E-state index contributed by atoms with van der Waals surface area (Å²) in [5, 5.41) is 11.8. The SMILES string of the molecule is O=C(O)[C@H]1CC=CC[C@H]1C(=O)Nc1cc(F)ccc1Cl. The first-order valence-corrected chi connectivity index (χ1v) is 6.50. The number of carbonyl (C=O) groups is 2. The van der Waals surface area contributed by atoms with E-state index in [4.69, 9.17) is 16.7 Å². The molecule has 0 heterocycles. The Morgan fingerprint density at radius 3 is 2.55 bits per heavy atom. The van der Waals surface area contributed by atoms with Crippen molar-refractivity contribution in [3.05, 3.63) is 41.2 Å². The number of benzene rings is 1. The van der Waals surface area contributed by atoms with Crippen molar-refractivity contribution in [3.8, 4) is 0 Å². The van der Waals surface area contributed by atoms with Gasteiger partial charge in [-0.3, -0.25) is 9.59 Å². The molecule has 2 atom stereocenters. The van der Waals surface area contributed by atoms with E-state index >= 15 is 0 Å². The van der Waals surface area contributed by atoms with Gasteiger partial charge in [-0.2, -0.15) is 0 Å². The molecule has 0 saturated heterocycles. The zero-order valence-corrected chi connectivity index (χ0v) is 11.2. The van der Waals surface area contributed by atoms with Crippen LogP contribution in [-0.2, 0) is 9.59 Å². The van der Waals surface area contributed by atoms with Gasteiger partial charge in [0.1, 0.15) is 5.82 Å². The fraction of sp³-hybridized carbons (Fsp3) is 0.286. The van der Waals surface area contributed by atoms with Gasteiger partial charge >= 0.3 is 5.97 Å². The molecule has 0 spiro atoms. The first-order valence-electron chi connectivity index (χ1n) is 6.12. The van der Waals surface area contributed by atoms with Crippen LogP contribution in [0.25, 0.3) is 0 Å². The standard InChI is InChI=1S/C14H13ClFNO3/c15-11-6-5-8(16)7-12(11)17-13(18)9-3-1-2-4-10(9)14(19)20/h1-2,5-7,9-10H,3-4H2,(H,17,18)(H,19,20)/t9-,10+/m1/s1. The highest BCUT2D eigenvalue weighted by molar-refractivity contribution is 6.33. The third-order valence-corrected chi connectivity index (χ3v) is 3.60. The second kappa shape index (κ2) is 6.05. The van der Waals surface area contributed by atoms with Crippen molar-refractivity contribution in [3.63, 3.8) is 0 Å². The van der Waals surface area contributed by atoms with E-state index in [1.807, 2.05) is 0 Å². The van der Waals surface area contributed by atoms with Crippen molar-refractivity contribution in [1.82, 2.24) is 0 Å². The van der Waals surface area contributed by atoms with Gasteiger partial charge in [0.05, 0.1) is 22.5 Å². The summed E-state index contributed by atoms with van der Waals surface area (Å²) in [4.78, 5) is 23.3. The minimum absolute atomic E-state index is 0.148. The molecule has 0 unspecified atom stereocenters. The fourth-order valence-electron chi connectivity index (χ4n) is 2.20. The number of carbonyl (C=O) groups excluding carboxylic acids is 1. The molecule has 1 aliphatic rings. The summed E-state index contributed by atoms with van der Waals surface area (Å²) >= 11 is 5.87. The third-order valence-electron chi connectivity index (χ3n) is 3.27. The molecule has 1 aromatic carbocycles. The van der Waals surface area contributed by atoms with Gasteiger partial charge < -0.3 is 10.4 Å². The van der Waals surface area contributed by atoms with E-state index < -0.39 is 29.5 Å². The Morgan fingerprint density at radius 2 is 1.90 bits per heavy atom. The number of carboxylic acids is 1. The average Bonchev–Trinajstić information content (AvgIpc) is 2.42. The number of allylic oxidation sites excluding steroid dienone is 2. The van der Waals surface area contributed by atoms with E-state index in [1.165, 1.54) is 12.1 Å². The van der Waals surface area contributed by atoms with Crippen LogP contribution in [0.1, 0.15) is 12.8 Å². The molecule has 0 radical (unpaired) electrons. The van der Waals surface area contributed by atoms with Gasteiger partial charge in [0.2, 0.25) is 5.91 Å². The number of halogens is 2. The Bertz CT molecular complexity index is 574. The van der Waals surface area contributed by atoms with Crippen molar-refractivity contribution in [2.45, 2.75) is 12.8 Å². The Hall–Kier alpha value is -1.88. The van der Waals surface area contributed by atoms with Crippen molar-refractivity contribution in [2.24, 2.45) is 11.8 Å². The first kappa shape index (κ1) is 14.5. The van der Waals surface area contributed by atoms with Crippen LogP contribution in [-0.4, -0.2) is 17.0 Å². The molecular weight excluding hydrogens is 285 g/mol. The highest BCUT2D eigenvalue weighted by Crippen LogP contribution is 2.29. The summed E-state index contributed by atoms with van der Waals surface area (Å²) in [5.41, 5.74) is 0.148. The van der Waals surface area contributed by atoms with Crippen molar-refractivity contribution >= 4 is 29.2 Å². The summed E-state index contributed by atoms with van der Waals surface area (Å²) in [6.07, 6.45) is 4.18. The van der Waals surface area contributed by atoms with E-state index in [2.05, 4.69) is 5.32 Å². The maximum Gasteiger partial charge on any atom is 0.307 e. The van der Waals surface area contributed by atoms with Crippen LogP contribution in [0.4, 0.5) is 10.1 Å². The van der Waals surface area contributed by atoms with Gasteiger partial charge in [0, 0.05) is 0 Å². The molecule has 6 heteroatoms. The van der Waals surface area contributed by atoms with Crippen LogP contribution in [0, 0.1) is 17.7 Å². The summed E-state index contributed by atoms with van der Waals surface area (Å²) < 4.78 is 13.1. The lowest BCUT2D eigenvalue weighted by molar-refractivity contribution is -0.146. The van der Waals surface area contributed by atoms with Crippen molar-refractivity contribution < 1.29 is 19.1 Å². The monoisotopic (exact) mass is 297 g/mol. The normalized spacial score (nSPS) is 21.5. The van der Waals surface area contributed by atoms with Crippen LogP contribution < -0.4 is 5.32 Å². The molecule has 2 N–H and O–H groups in total. The Kier molecular flexibility index (Phi) is 4.39. The van der Waals surface area contributed by atoms with E-state index in [-0.39, 0.29) is 10.7 Å².